The highest BCUT2D eigenvalue weighted by Gasteiger charge is 2.33. The van der Waals surface area contributed by atoms with Gasteiger partial charge in [0.05, 0.1) is 0 Å². The molecule has 1 aromatic carbocycles. The second-order valence-corrected chi connectivity index (χ2v) is 6.25. The molecule has 1 aliphatic heterocycles. The summed E-state index contributed by atoms with van der Waals surface area (Å²) >= 11 is 0. The van der Waals surface area contributed by atoms with Crippen LogP contribution in [0.3, 0.4) is 0 Å². The second-order valence-electron chi connectivity index (χ2n) is 6.25. The Bertz CT molecular complexity index is 464. The Morgan fingerprint density at radius 1 is 1.19 bits per heavy atom. The molecule has 1 N–H and O–H groups in total. The Balaban J connectivity index is 1.42. The molecule has 2 fully saturated rings. The molecule has 2 amide bonds. The smallest absolute Gasteiger partial charge is 0.317 e. The third-order valence-corrected chi connectivity index (χ3v) is 4.77. The molecule has 0 aromatic heterocycles. The van der Waals surface area contributed by atoms with Crippen molar-refractivity contribution in [3.05, 3.63) is 35.9 Å². The van der Waals surface area contributed by atoms with Gasteiger partial charge in [0.15, 0.2) is 0 Å². The molecule has 1 aromatic rings. The molecule has 1 saturated carbocycles. The summed E-state index contributed by atoms with van der Waals surface area (Å²) in [7, 11) is 0. The van der Waals surface area contributed by atoms with Gasteiger partial charge in [-0.2, -0.15) is 0 Å². The Labute approximate surface area is 127 Å². The molecule has 0 radical (unpaired) electrons. The molecular weight excluding hydrogens is 262 g/mol. The summed E-state index contributed by atoms with van der Waals surface area (Å²) < 4.78 is 0. The van der Waals surface area contributed by atoms with Crippen LogP contribution in [0.2, 0.25) is 0 Å². The fourth-order valence-corrected chi connectivity index (χ4v) is 3.09. The van der Waals surface area contributed by atoms with Gasteiger partial charge in [0.25, 0.3) is 0 Å². The van der Waals surface area contributed by atoms with Crippen LogP contribution in [-0.4, -0.2) is 48.1 Å². The number of piperazine rings is 1. The van der Waals surface area contributed by atoms with Gasteiger partial charge in [-0.25, -0.2) is 4.79 Å². The maximum Gasteiger partial charge on any atom is 0.317 e. The van der Waals surface area contributed by atoms with E-state index in [1.54, 1.807) is 0 Å². The number of nitrogens with zero attached hydrogens (tertiary/aromatic N) is 2. The number of carbonyl (C=O) groups is 1. The predicted molar refractivity (Wildman–Crippen MR) is 84.0 cm³/mol. The SMILES string of the molecule is CC(C1CC1)N1CCN(C(=O)NCc2ccccc2)CC1. The van der Waals surface area contributed by atoms with E-state index in [1.807, 2.05) is 35.2 Å². The molecule has 1 heterocycles. The first-order valence-electron chi connectivity index (χ1n) is 8.05. The zero-order chi connectivity index (χ0) is 14.7. The summed E-state index contributed by atoms with van der Waals surface area (Å²) in [5.74, 6) is 0.906. The molecule has 4 nitrogen and oxygen atoms in total. The summed E-state index contributed by atoms with van der Waals surface area (Å²) in [6.45, 7) is 6.66. The summed E-state index contributed by atoms with van der Waals surface area (Å²) in [5.41, 5.74) is 1.15. The Morgan fingerprint density at radius 3 is 2.48 bits per heavy atom. The van der Waals surface area contributed by atoms with E-state index in [4.69, 9.17) is 0 Å². The minimum absolute atomic E-state index is 0.0672. The van der Waals surface area contributed by atoms with Crippen molar-refractivity contribution in [3.8, 4) is 0 Å². The number of benzene rings is 1. The largest absolute Gasteiger partial charge is 0.334 e. The second kappa shape index (κ2) is 6.48. The van der Waals surface area contributed by atoms with Crippen molar-refractivity contribution >= 4 is 6.03 Å². The lowest BCUT2D eigenvalue weighted by atomic mass is 10.1. The molecule has 1 unspecified atom stereocenters. The summed E-state index contributed by atoms with van der Waals surface area (Å²) in [4.78, 5) is 16.7. The highest BCUT2D eigenvalue weighted by molar-refractivity contribution is 5.74. The third-order valence-electron chi connectivity index (χ3n) is 4.77. The minimum Gasteiger partial charge on any atom is -0.334 e. The molecule has 0 spiro atoms. The number of rotatable bonds is 4. The van der Waals surface area contributed by atoms with Crippen molar-refractivity contribution in [1.82, 2.24) is 15.1 Å². The van der Waals surface area contributed by atoms with Crippen LogP contribution in [0.25, 0.3) is 0 Å². The zero-order valence-electron chi connectivity index (χ0n) is 12.8. The maximum atomic E-state index is 12.2. The van der Waals surface area contributed by atoms with E-state index in [9.17, 15) is 4.79 Å². The van der Waals surface area contributed by atoms with Crippen molar-refractivity contribution in [2.45, 2.75) is 32.4 Å². The average Bonchev–Trinajstić information content (AvgIpc) is 3.38. The van der Waals surface area contributed by atoms with Crippen molar-refractivity contribution in [3.63, 3.8) is 0 Å². The first kappa shape index (κ1) is 14.4. The lowest BCUT2D eigenvalue weighted by Crippen LogP contribution is -2.54. The first-order valence-corrected chi connectivity index (χ1v) is 8.05. The Hall–Kier alpha value is -1.55. The molecule has 4 heteroatoms. The average molecular weight is 287 g/mol. The molecule has 1 aliphatic carbocycles. The molecule has 3 rings (SSSR count). The van der Waals surface area contributed by atoms with E-state index < -0.39 is 0 Å². The predicted octanol–water partition coefficient (Wildman–Crippen LogP) is 2.31. The van der Waals surface area contributed by atoms with Crippen LogP contribution in [0.5, 0.6) is 0 Å². The van der Waals surface area contributed by atoms with Gasteiger partial charge in [-0.1, -0.05) is 30.3 Å². The van der Waals surface area contributed by atoms with Crippen LogP contribution < -0.4 is 5.32 Å². The molecule has 1 atom stereocenters. The van der Waals surface area contributed by atoms with E-state index in [2.05, 4.69) is 17.1 Å². The van der Waals surface area contributed by atoms with E-state index >= 15 is 0 Å². The van der Waals surface area contributed by atoms with Gasteiger partial charge in [-0.05, 0) is 31.2 Å². The number of carbonyl (C=O) groups excluding carboxylic acids is 1. The summed E-state index contributed by atoms with van der Waals surface area (Å²) in [6, 6.07) is 10.8. The normalized spacial score (nSPS) is 21.1. The van der Waals surface area contributed by atoms with Crippen molar-refractivity contribution in [1.29, 1.82) is 0 Å². The van der Waals surface area contributed by atoms with Gasteiger partial charge in [0.1, 0.15) is 0 Å². The molecule has 0 bridgehead atoms. The van der Waals surface area contributed by atoms with E-state index in [0.717, 1.165) is 37.7 Å². The topological polar surface area (TPSA) is 35.6 Å². The summed E-state index contributed by atoms with van der Waals surface area (Å²) in [5, 5.41) is 3.02. The van der Waals surface area contributed by atoms with E-state index in [1.165, 1.54) is 12.8 Å². The highest BCUT2D eigenvalue weighted by atomic mass is 16.2. The fraction of sp³-hybridized carbons (Fsp3) is 0.588. The number of nitrogens with one attached hydrogen (secondary N) is 1. The standard InChI is InChI=1S/C17H25N3O/c1-14(16-7-8-16)19-9-11-20(12-10-19)17(21)18-13-15-5-3-2-4-6-15/h2-6,14,16H,7-13H2,1H3,(H,18,21). The van der Waals surface area contributed by atoms with Crippen molar-refractivity contribution < 1.29 is 4.79 Å². The van der Waals surface area contributed by atoms with E-state index in [0.29, 0.717) is 12.6 Å². The first-order chi connectivity index (χ1) is 10.2. The van der Waals surface area contributed by atoms with Crippen molar-refractivity contribution in [2.24, 2.45) is 5.92 Å². The number of amides is 2. The number of hydrogen-bond acceptors (Lipinski definition) is 2. The number of hydrogen-bond donors (Lipinski definition) is 1. The quantitative estimate of drug-likeness (QED) is 0.922. The number of urea groups is 1. The lowest BCUT2D eigenvalue weighted by Gasteiger charge is -2.38. The highest BCUT2D eigenvalue weighted by Crippen LogP contribution is 2.35. The lowest BCUT2D eigenvalue weighted by molar-refractivity contribution is 0.105. The van der Waals surface area contributed by atoms with Gasteiger partial charge < -0.3 is 10.2 Å². The Kier molecular flexibility index (Phi) is 4.44. The van der Waals surface area contributed by atoms with E-state index in [-0.39, 0.29) is 6.03 Å². The zero-order valence-corrected chi connectivity index (χ0v) is 12.8. The van der Waals surface area contributed by atoms with Crippen LogP contribution in [0.4, 0.5) is 4.79 Å². The van der Waals surface area contributed by atoms with Gasteiger partial charge >= 0.3 is 6.03 Å². The monoisotopic (exact) mass is 287 g/mol. The third kappa shape index (κ3) is 3.76. The molecule has 21 heavy (non-hydrogen) atoms. The molecule has 114 valence electrons. The summed E-state index contributed by atoms with van der Waals surface area (Å²) in [6.07, 6.45) is 2.78. The van der Waals surface area contributed by atoms with Gasteiger partial charge in [0.2, 0.25) is 0 Å². The van der Waals surface area contributed by atoms with Crippen LogP contribution in [-0.2, 0) is 6.54 Å². The molecule has 2 aliphatic rings. The fourth-order valence-electron chi connectivity index (χ4n) is 3.09. The van der Waals surface area contributed by atoms with Crippen LogP contribution in [0, 0.1) is 5.92 Å². The molecular formula is C17H25N3O. The van der Waals surface area contributed by atoms with Crippen molar-refractivity contribution in [2.75, 3.05) is 26.2 Å². The Morgan fingerprint density at radius 2 is 1.86 bits per heavy atom. The van der Waals surface area contributed by atoms with Crippen LogP contribution in [0.15, 0.2) is 30.3 Å². The maximum absolute atomic E-state index is 12.2. The van der Waals surface area contributed by atoms with Crippen LogP contribution in [0.1, 0.15) is 25.3 Å². The molecule has 1 saturated heterocycles. The van der Waals surface area contributed by atoms with Gasteiger partial charge in [-0.15, -0.1) is 0 Å². The minimum atomic E-state index is 0.0672. The van der Waals surface area contributed by atoms with Gasteiger partial charge in [0, 0.05) is 38.8 Å². The van der Waals surface area contributed by atoms with Gasteiger partial charge in [-0.3, -0.25) is 4.90 Å². The van der Waals surface area contributed by atoms with Crippen LogP contribution >= 0.6 is 0 Å².